The molecule has 0 saturated heterocycles. The topological polar surface area (TPSA) is 70.5 Å². The molecular formula is C13H18N2O3. The third kappa shape index (κ3) is 3.06. The number of likely N-dealkylation sites (N-methyl/N-ethyl adjacent to an activating group) is 1. The van der Waals surface area contributed by atoms with Crippen molar-refractivity contribution in [3.8, 4) is 0 Å². The number of carboxylic acids is 1. The fourth-order valence-electron chi connectivity index (χ4n) is 1.77. The zero-order valence-corrected chi connectivity index (χ0v) is 10.9. The van der Waals surface area contributed by atoms with Gasteiger partial charge in [0.05, 0.1) is 6.42 Å². The maximum absolute atomic E-state index is 12.1. The molecule has 0 spiro atoms. The summed E-state index contributed by atoms with van der Waals surface area (Å²) in [5.41, 5.74) is -0.421. The molecule has 1 N–H and O–H groups in total. The number of aromatic nitrogens is 1. The third-order valence-corrected chi connectivity index (χ3v) is 2.89. The molecule has 1 heterocycles. The van der Waals surface area contributed by atoms with Gasteiger partial charge in [0, 0.05) is 18.9 Å². The fraction of sp³-hybridized carbons (Fsp3) is 0.462. The Morgan fingerprint density at radius 3 is 2.56 bits per heavy atom. The molecular weight excluding hydrogens is 232 g/mol. The molecule has 0 atom stereocenters. The van der Waals surface area contributed by atoms with E-state index in [-0.39, 0.29) is 12.3 Å². The number of amides is 1. The van der Waals surface area contributed by atoms with E-state index in [2.05, 4.69) is 4.98 Å². The Labute approximate surface area is 106 Å². The zero-order chi connectivity index (χ0) is 13.8. The van der Waals surface area contributed by atoms with Crippen LogP contribution in [0.5, 0.6) is 0 Å². The average molecular weight is 250 g/mol. The monoisotopic (exact) mass is 250 g/mol. The largest absolute Gasteiger partial charge is 0.480 e. The number of aliphatic carboxylic acids is 1. The molecule has 5 heteroatoms. The molecule has 0 bridgehead atoms. The van der Waals surface area contributed by atoms with Crippen LogP contribution >= 0.6 is 0 Å². The number of pyridine rings is 1. The maximum Gasteiger partial charge on any atom is 0.329 e. The molecule has 0 aliphatic rings. The minimum Gasteiger partial charge on any atom is -0.480 e. The first-order valence-corrected chi connectivity index (χ1v) is 5.82. The first-order chi connectivity index (χ1) is 8.39. The van der Waals surface area contributed by atoms with Crippen LogP contribution in [-0.2, 0) is 16.0 Å². The third-order valence-electron chi connectivity index (χ3n) is 2.89. The summed E-state index contributed by atoms with van der Waals surface area (Å²) in [7, 11) is 0. The van der Waals surface area contributed by atoms with Crippen molar-refractivity contribution in [2.45, 2.75) is 32.7 Å². The quantitative estimate of drug-likeness (QED) is 0.856. The minimum atomic E-state index is -1.20. The van der Waals surface area contributed by atoms with Gasteiger partial charge in [0.1, 0.15) is 5.54 Å². The number of nitrogens with zero attached hydrogens (tertiary/aromatic N) is 2. The lowest BCUT2D eigenvalue weighted by Crippen LogP contribution is -2.53. The lowest BCUT2D eigenvalue weighted by atomic mass is 10.0. The molecule has 0 aliphatic carbocycles. The summed E-state index contributed by atoms with van der Waals surface area (Å²) in [6, 6.07) is 3.55. The highest BCUT2D eigenvalue weighted by atomic mass is 16.4. The van der Waals surface area contributed by atoms with E-state index in [1.165, 1.54) is 18.7 Å². The van der Waals surface area contributed by atoms with E-state index in [4.69, 9.17) is 5.11 Å². The maximum atomic E-state index is 12.1. The molecule has 18 heavy (non-hydrogen) atoms. The smallest absolute Gasteiger partial charge is 0.329 e. The molecule has 1 aromatic heterocycles. The van der Waals surface area contributed by atoms with E-state index in [0.29, 0.717) is 6.54 Å². The summed E-state index contributed by atoms with van der Waals surface area (Å²) >= 11 is 0. The summed E-state index contributed by atoms with van der Waals surface area (Å²) in [5, 5.41) is 9.15. The van der Waals surface area contributed by atoms with E-state index in [0.717, 1.165) is 5.56 Å². The predicted molar refractivity (Wildman–Crippen MR) is 67.0 cm³/mol. The average Bonchev–Trinajstić information content (AvgIpc) is 2.30. The van der Waals surface area contributed by atoms with Crippen LogP contribution in [0.3, 0.4) is 0 Å². The normalized spacial score (nSPS) is 11.1. The van der Waals surface area contributed by atoms with Crippen LogP contribution in [0.25, 0.3) is 0 Å². The highest BCUT2D eigenvalue weighted by Gasteiger charge is 2.36. The molecule has 1 rings (SSSR count). The van der Waals surface area contributed by atoms with E-state index < -0.39 is 11.5 Å². The van der Waals surface area contributed by atoms with Gasteiger partial charge < -0.3 is 10.0 Å². The van der Waals surface area contributed by atoms with E-state index in [1.54, 1.807) is 31.5 Å². The highest BCUT2D eigenvalue weighted by Crippen LogP contribution is 2.16. The van der Waals surface area contributed by atoms with E-state index in [1.807, 2.05) is 0 Å². The molecule has 0 aromatic carbocycles. The Bertz CT molecular complexity index is 429. The van der Waals surface area contributed by atoms with Crippen LogP contribution in [0.2, 0.25) is 0 Å². The van der Waals surface area contributed by atoms with Crippen molar-refractivity contribution in [3.05, 3.63) is 30.1 Å². The molecule has 0 radical (unpaired) electrons. The second-order valence-corrected chi connectivity index (χ2v) is 4.54. The Balaban J connectivity index is 2.84. The molecule has 0 aliphatic heterocycles. The summed E-state index contributed by atoms with van der Waals surface area (Å²) in [4.78, 5) is 28.6. The van der Waals surface area contributed by atoms with Crippen molar-refractivity contribution in [3.63, 3.8) is 0 Å². The van der Waals surface area contributed by atoms with Crippen LogP contribution in [0.1, 0.15) is 26.3 Å². The van der Waals surface area contributed by atoms with Gasteiger partial charge >= 0.3 is 5.97 Å². The van der Waals surface area contributed by atoms with Gasteiger partial charge in [-0.3, -0.25) is 9.78 Å². The summed E-state index contributed by atoms with van der Waals surface area (Å²) in [6.45, 7) is 5.18. The summed E-state index contributed by atoms with van der Waals surface area (Å²) in [6.07, 6.45) is 3.41. The number of hydrogen-bond donors (Lipinski definition) is 1. The highest BCUT2D eigenvalue weighted by molar-refractivity contribution is 5.87. The summed E-state index contributed by atoms with van der Waals surface area (Å²) in [5.74, 6) is -1.22. The molecule has 0 saturated carbocycles. The first kappa shape index (κ1) is 14.2. The second-order valence-electron chi connectivity index (χ2n) is 4.54. The van der Waals surface area contributed by atoms with Crippen LogP contribution in [-0.4, -0.2) is 39.0 Å². The number of carbonyl (C=O) groups excluding carboxylic acids is 1. The van der Waals surface area contributed by atoms with Gasteiger partial charge in [0.25, 0.3) is 0 Å². The number of hydrogen-bond acceptors (Lipinski definition) is 3. The van der Waals surface area contributed by atoms with Crippen molar-refractivity contribution in [2.24, 2.45) is 0 Å². The van der Waals surface area contributed by atoms with Crippen molar-refractivity contribution in [2.75, 3.05) is 6.54 Å². The van der Waals surface area contributed by atoms with Crippen LogP contribution in [0.15, 0.2) is 24.5 Å². The van der Waals surface area contributed by atoms with Gasteiger partial charge in [-0.1, -0.05) is 6.07 Å². The molecule has 98 valence electrons. The lowest BCUT2D eigenvalue weighted by Gasteiger charge is -2.34. The zero-order valence-electron chi connectivity index (χ0n) is 10.9. The van der Waals surface area contributed by atoms with Crippen molar-refractivity contribution >= 4 is 11.9 Å². The van der Waals surface area contributed by atoms with Crippen LogP contribution in [0, 0.1) is 0 Å². The molecule has 5 nitrogen and oxygen atoms in total. The van der Waals surface area contributed by atoms with Gasteiger partial charge in [-0.05, 0) is 32.4 Å². The first-order valence-electron chi connectivity index (χ1n) is 5.82. The Morgan fingerprint density at radius 1 is 1.44 bits per heavy atom. The van der Waals surface area contributed by atoms with Gasteiger partial charge in [0.15, 0.2) is 0 Å². The van der Waals surface area contributed by atoms with Crippen LogP contribution < -0.4 is 0 Å². The Morgan fingerprint density at radius 2 is 2.11 bits per heavy atom. The van der Waals surface area contributed by atoms with E-state index in [9.17, 15) is 9.59 Å². The number of carbonyl (C=O) groups is 2. The fourth-order valence-corrected chi connectivity index (χ4v) is 1.77. The van der Waals surface area contributed by atoms with Gasteiger partial charge in [-0.2, -0.15) is 0 Å². The Hall–Kier alpha value is -1.91. The van der Waals surface area contributed by atoms with Crippen molar-refractivity contribution in [1.29, 1.82) is 0 Å². The van der Waals surface area contributed by atoms with Crippen molar-refractivity contribution < 1.29 is 14.7 Å². The molecule has 1 aromatic rings. The molecule has 0 unspecified atom stereocenters. The van der Waals surface area contributed by atoms with Gasteiger partial charge in [0.2, 0.25) is 5.91 Å². The SMILES string of the molecule is CCN(C(=O)Cc1cccnc1)C(C)(C)C(=O)O. The van der Waals surface area contributed by atoms with Crippen LogP contribution in [0.4, 0.5) is 0 Å². The standard InChI is InChI=1S/C13H18N2O3/c1-4-15(13(2,3)12(17)18)11(16)8-10-6-5-7-14-9-10/h5-7,9H,4,8H2,1-3H3,(H,17,18). The van der Waals surface area contributed by atoms with Gasteiger partial charge in [-0.25, -0.2) is 4.79 Å². The number of rotatable bonds is 5. The predicted octanol–water partition coefficient (Wildman–Crippen LogP) is 1.34. The minimum absolute atomic E-state index is 0.165. The molecule has 1 amide bonds. The Kier molecular flexibility index (Phi) is 4.42. The second kappa shape index (κ2) is 5.62. The van der Waals surface area contributed by atoms with Crippen molar-refractivity contribution in [1.82, 2.24) is 9.88 Å². The summed E-state index contributed by atoms with van der Waals surface area (Å²) < 4.78 is 0. The number of carboxylic acid groups (broad SMARTS) is 1. The lowest BCUT2D eigenvalue weighted by molar-refractivity contribution is -0.156. The van der Waals surface area contributed by atoms with E-state index >= 15 is 0 Å². The van der Waals surface area contributed by atoms with Gasteiger partial charge in [-0.15, -0.1) is 0 Å². The molecule has 0 fully saturated rings.